The van der Waals surface area contributed by atoms with E-state index in [9.17, 15) is 4.79 Å². The molecule has 0 aliphatic carbocycles. The van der Waals surface area contributed by atoms with E-state index in [1.54, 1.807) is 0 Å². The molecule has 0 spiro atoms. The van der Waals surface area contributed by atoms with Gasteiger partial charge >= 0.3 is 0 Å². The third kappa shape index (κ3) is 2.89. The summed E-state index contributed by atoms with van der Waals surface area (Å²) in [4.78, 5) is 11.3. The number of anilines is 1. The number of carbonyl (C=O) groups is 1. The average molecular weight is 247 g/mol. The molecule has 0 radical (unpaired) electrons. The van der Waals surface area contributed by atoms with Gasteiger partial charge in [-0.05, 0) is 42.5 Å². The Balaban J connectivity index is 2.13. The second-order valence-corrected chi connectivity index (χ2v) is 5.15. The number of benzene rings is 1. The lowest BCUT2D eigenvalue weighted by Crippen LogP contribution is -2.21. The third-order valence-corrected chi connectivity index (χ3v) is 3.51. The van der Waals surface area contributed by atoms with Gasteiger partial charge in [-0.1, -0.05) is 19.1 Å². The molecular formula is C14H21N3O. The normalized spacial score (nSPS) is 17.8. The van der Waals surface area contributed by atoms with Crippen LogP contribution in [0.2, 0.25) is 0 Å². The van der Waals surface area contributed by atoms with Crippen molar-refractivity contribution in [3.63, 3.8) is 0 Å². The van der Waals surface area contributed by atoms with E-state index in [4.69, 9.17) is 11.5 Å². The molecule has 98 valence electrons. The van der Waals surface area contributed by atoms with Crippen LogP contribution < -0.4 is 16.8 Å². The highest BCUT2D eigenvalue weighted by atomic mass is 16.1. The molecule has 2 atom stereocenters. The van der Waals surface area contributed by atoms with Crippen molar-refractivity contribution >= 4 is 11.6 Å². The molecule has 0 bridgehead atoms. The lowest BCUT2D eigenvalue weighted by molar-refractivity contribution is -0.116. The van der Waals surface area contributed by atoms with Crippen LogP contribution in [0.3, 0.4) is 0 Å². The summed E-state index contributed by atoms with van der Waals surface area (Å²) < 4.78 is 0. The molecule has 1 heterocycles. The van der Waals surface area contributed by atoms with Crippen LogP contribution in [-0.2, 0) is 11.2 Å². The van der Waals surface area contributed by atoms with Gasteiger partial charge in [0.05, 0.1) is 0 Å². The van der Waals surface area contributed by atoms with Crippen molar-refractivity contribution in [3.8, 4) is 0 Å². The van der Waals surface area contributed by atoms with E-state index in [0.717, 1.165) is 24.1 Å². The topological polar surface area (TPSA) is 81.1 Å². The molecule has 0 aromatic heterocycles. The second-order valence-electron chi connectivity index (χ2n) is 5.15. The lowest BCUT2D eigenvalue weighted by Gasteiger charge is -2.21. The maximum Gasteiger partial charge on any atom is 0.224 e. The molecule has 5 N–H and O–H groups in total. The highest BCUT2D eigenvalue weighted by Crippen LogP contribution is 2.27. The Morgan fingerprint density at radius 1 is 1.39 bits per heavy atom. The fourth-order valence-electron chi connectivity index (χ4n) is 2.30. The number of hydrogen-bond acceptors (Lipinski definition) is 3. The van der Waals surface area contributed by atoms with Gasteiger partial charge < -0.3 is 16.8 Å². The van der Waals surface area contributed by atoms with E-state index in [1.807, 2.05) is 12.1 Å². The zero-order chi connectivity index (χ0) is 13.1. The highest BCUT2D eigenvalue weighted by molar-refractivity contribution is 5.93. The van der Waals surface area contributed by atoms with Gasteiger partial charge in [-0.3, -0.25) is 4.79 Å². The van der Waals surface area contributed by atoms with Crippen LogP contribution in [0.25, 0.3) is 0 Å². The van der Waals surface area contributed by atoms with E-state index < -0.39 is 0 Å². The van der Waals surface area contributed by atoms with Gasteiger partial charge in [0.1, 0.15) is 0 Å². The van der Waals surface area contributed by atoms with Crippen molar-refractivity contribution in [1.29, 1.82) is 0 Å². The number of nitrogens with one attached hydrogen (secondary N) is 1. The minimum Gasteiger partial charge on any atom is -0.330 e. The summed E-state index contributed by atoms with van der Waals surface area (Å²) >= 11 is 0. The molecule has 1 aliphatic rings. The van der Waals surface area contributed by atoms with Gasteiger partial charge in [0.15, 0.2) is 0 Å². The monoisotopic (exact) mass is 247 g/mol. The smallest absolute Gasteiger partial charge is 0.224 e. The maximum absolute atomic E-state index is 11.3. The van der Waals surface area contributed by atoms with Gasteiger partial charge in [0.2, 0.25) is 5.91 Å². The van der Waals surface area contributed by atoms with Crippen molar-refractivity contribution in [1.82, 2.24) is 0 Å². The minimum atomic E-state index is 0.0199. The van der Waals surface area contributed by atoms with Gasteiger partial charge in [-0.2, -0.15) is 0 Å². The number of rotatable bonds is 4. The first-order valence-electron chi connectivity index (χ1n) is 6.48. The molecule has 4 heteroatoms. The molecule has 4 nitrogen and oxygen atoms in total. The zero-order valence-corrected chi connectivity index (χ0v) is 10.8. The number of fused-ring (bicyclic) bond motifs is 1. The molecule has 1 aromatic carbocycles. The molecule has 1 aliphatic heterocycles. The molecule has 2 unspecified atom stereocenters. The average Bonchev–Trinajstić information content (AvgIpc) is 2.37. The predicted molar refractivity (Wildman–Crippen MR) is 73.2 cm³/mol. The zero-order valence-electron chi connectivity index (χ0n) is 10.8. The van der Waals surface area contributed by atoms with Crippen LogP contribution in [0.1, 0.15) is 36.9 Å². The lowest BCUT2D eigenvalue weighted by atomic mass is 9.93. The molecule has 2 rings (SSSR count). The standard InChI is InChI=1S/C14H21N3O/c1-9(8-15)6-12(16)10-2-4-13-11(7-10)3-5-14(18)17-13/h2,4,7,9,12H,3,5-6,8,15-16H2,1H3,(H,17,18). The Morgan fingerprint density at radius 2 is 2.17 bits per heavy atom. The Kier molecular flexibility index (Phi) is 3.99. The van der Waals surface area contributed by atoms with Crippen molar-refractivity contribution in [2.45, 2.75) is 32.2 Å². The Bertz CT molecular complexity index is 445. The molecule has 1 amide bonds. The van der Waals surface area contributed by atoms with Gasteiger partial charge in [0.25, 0.3) is 0 Å². The first-order chi connectivity index (χ1) is 8.60. The van der Waals surface area contributed by atoms with E-state index >= 15 is 0 Å². The van der Waals surface area contributed by atoms with Gasteiger partial charge in [0, 0.05) is 18.2 Å². The number of nitrogens with two attached hydrogens (primary N) is 2. The summed E-state index contributed by atoms with van der Waals surface area (Å²) in [5, 5.41) is 2.88. The number of carbonyl (C=O) groups excluding carboxylic acids is 1. The molecule has 0 fully saturated rings. The van der Waals surface area contributed by atoms with Crippen molar-refractivity contribution in [2.24, 2.45) is 17.4 Å². The fourth-order valence-corrected chi connectivity index (χ4v) is 2.30. The predicted octanol–water partition coefficient (Wildman–Crippen LogP) is 1.56. The minimum absolute atomic E-state index is 0.0199. The quantitative estimate of drug-likeness (QED) is 0.755. The summed E-state index contributed by atoms with van der Waals surface area (Å²) in [6, 6.07) is 6.09. The van der Waals surface area contributed by atoms with Crippen molar-refractivity contribution in [3.05, 3.63) is 29.3 Å². The van der Waals surface area contributed by atoms with Gasteiger partial charge in [-0.15, -0.1) is 0 Å². The summed E-state index contributed by atoms with van der Waals surface area (Å²) in [7, 11) is 0. The van der Waals surface area contributed by atoms with E-state index in [1.165, 1.54) is 5.56 Å². The molecule has 0 saturated heterocycles. The maximum atomic E-state index is 11.3. The summed E-state index contributed by atoms with van der Waals surface area (Å²) in [6.45, 7) is 2.77. The van der Waals surface area contributed by atoms with E-state index in [2.05, 4.69) is 18.3 Å². The molecule has 18 heavy (non-hydrogen) atoms. The summed E-state index contributed by atoms with van der Waals surface area (Å²) in [5.41, 5.74) is 15.0. The van der Waals surface area contributed by atoms with Crippen LogP contribution in [0.15, 0.2) is 18.2 Å². The number of hydrogen-bond donors (Lipinski definition) is 3. The Morgan fingerprint density at radius 3 is 2.89 bits per heavy atom. The Hall–Kier alpha value is -1.39. The van der Waals surface area contributed by atoms with E-state index in [-0.39, 0.29) is 11.9 Å². The summed E-state index contributed by atoms with van der Waals surface area (Å²) in [6.07, 6.45) is 2.25. The van der Waals surface area contributed by atoms with Crippen LogP contribution >= 0.6 is 0 Å². The van der Waals surface area contributed by atoms with Crippen LogP contribution in [-0.4, -0.2) is 12.5 Å². The number of amides is 1. The second kappa shape index (κ2) is 5.50. The SMILES string of the molecule is CC(CN)CC(N)c1ccc2c(c1)CCC(=O)N2. The first kappa shape index (κ1) is 13.1. The third-order valence-electron chi connectivity index (χ3n) is 3.51. The molecular weight excluding hydrogens is 226 g/mol. The first-order valence-corrected chi connectivity index (χ1v) is 6.48. The van der Waals surface area contributed by atoms with E-state index in [0.29, 0.717) is 18.9 Å². The largest absolute Gasteiger partial charge is 0.330 e. The van der Waals surface area contributed by atoms with Crippen molar-refractivity contribution in [2.75, 3.05) is 11.9 Å². The van der Waals surface area contributed by atoms with Crippen LogP contribution in [0.4, 0.5) is 5.69 Å². The van der Waals surface area contributed by atoms with Crippen molar-refractivity contribution < 1.29 is 4.79 Å². The highest BCUT2D eigenvalue weighted by Gasteiger charge is 2.17. The molecule has 0 saturated carbocycles. The van der Waals surface area contributed by atoms with Gasteiger partial charge in [-0.25, -0.2) is 0 Å². The van der Waals surface area contributed by atoms with Crippen LogP contribution in [0.5, 0.6) is 0 Å². The fraction of sp³-hybridized carbons (Fsp3) is 0.500. The number of aryl methyl sites for hydroxylation is 1. The van der Waals surface area contributed by atoms with Crippen LogP contribution in [0, 0.1) is 5.92 Å². The Labute approximate surface area is 108 Å². The molecule has 1 aromatic rings. The summed E-state index contributed by atoms with van der Waals surface area (Å²) in [5.74, 6) is 0.520.